The van der Waals surface area contributed by atoms with Gasteiger partial charge in [0.25, 0.3) is 0 Å². The Labute approximate surface area is 160 Å². The molecule has 2 aliphatic carbocycles. The molecule has 130 valence electrons. The van der Waals surface area contributed by atoms with Crippen LogP contribution >= 0.6 is 0 Å². The minimum atomic E-state index is 0.0194. The molecule has 2 aliphatic rings. The highest BCUT2D eigenvalue weighted by atomic mass is 14.4. The molecule has 0 heteroatoms. The van der Waals surface area contributed by atoms with Crippen LogP contribution in [0.4, 0.5) is 0 Å². The summed E-state index contributed by atoms with van der Waals surface area (Å²) in [5.41, 5.74) is 12.9. The van der Waals surface area contributed by atoms with Crippen molar-refractivity contribution in [2.24, 2.45) is 0 Å². The van der Waals surface area contributed by atoms with Crippen molar-refractivity contribution >= 4 is 11.3 Å². The molecule has 0 spiro atoms. The molecule has 0 nitrogen and oxygen atoms in total. The second kappa shape index (κ2) is 5.71. The summed E-state index contributed by atoms with van der Waals surface area (Å²) in [5.74, 6) is 0. The van der Waals surface area contributed by atoms with Crippen LogP contribution in [0.25, 0.3) is 22.4 Å². The van der Waals surface area contributed by atoms with Gasteiger partial charge in [-0.15, -0.1) is 5.73 Å². The Morgan fingerprint density at radius 2 is 1.56 bits per heavy atom. The predicted octanol–water partition coefficient (Wildman–Crippen LogP) is 5.01. The van der Waals surface area contributed by atoms with Crippen LogP contribution in [0.2, 0.25) is 0 Å². The van der Waals surface area contributed by atoms with Gasteiger partial charge in [-0.3, -0.25) is 0 Å². The first-order chi connectivity index (χ1) is 13.1. The first-order valence-corrected chi connectivity index (χ1v) is 9.55. The van der Waals surface area contributed by atoms with Crippen LogP contribution in [-0.4, -0.2) is 0 Å². The van der Waals surface area contributed by atoms with Crippen molar-refractivity contribution in [3.8, 4) is 11.1 Å². The van der Waals surface area contributed by atoms with Gasteiger partial charge in [0.15, 0.2) is 0 Å². The number of rotatable bonds is 1. The van der Waals surface area contributed by atoms with Gasteiger partial charge >= 0.3 is 0 Å². The van der Waals surface area contributed by atoms with Crippen LogP contribution < -0.4 is 10.4 Å². The second-order valence-corrected chi connectivity index (χ2v) is 8.06. The van der Waals surface area contributed by atoms with Crippen LogP contribution in [-0.2, 0) is 5.41 Å². The number of aryl methyl sites for hydroxylation is 1. The van der Waals surface area contributed by atoms with E-state index in [-0.39, 0.29) is 5.41 Å². The minimum Gasteiger partial charge on any atom is -0.112 e. The Morgan fingerprint density at radius 1 is 0.815 bits per heavy atom. The molecule has 0 radical (unpaired) electrons. The Balaban J connectivity index is 1.79. The van der Waals surface area contributed by atoms with E-state index in [9.17, 15) is 0 Å². The summed E-state index contributed by atoms with van der Waals surface area (Å²) in [5, 5.41) is 2.39. The van der Waals surface area contributed by atoms with E-state index in [1.807, 2.05) is 6.08 Å². The third-order valence-electron chi connectivity index (χ3n) is 5.96. The lowest BCUT2D eigenvalue weighted by Crippen LogP contribution is -2.25. The first-order valence-electron chi connectivity index (χ1n) is 9.55. The first kappa shape index (κ1) is 16.1. The number of fused-ring (bicyclic) bond motifs is 4. The van der Waals surface area contributed by atoms with E-state index in [1.54, 1.807) is 0 Å². The fourth-order valence-electron chi connectivity index (χ4n) is 4.49. The lowest BCUT2D eigenvalue weighted by molar-refractivity contribution is 0.659. The minimum absolute atomic E-state index is 0.0194. The van der Waals surface area contributed by atoms with Gasteiger partial charge in [-0.25, -0.2) is 0 Å². The summed E-state index contributed by atoms with van der Waals surface area (Å²) in [6.45, 7) is 6.87. The average Bonchev–Trinajstić information content (AvgIpc) is 2.81. The molecule has 5 rings (SSSR count). The summed E-state index contributed by atoms with van der Waals surface area (Å²) < 4.78 is 0. The van der Waals surface area contributed by atoms with Gasteiger partial charge in [0, 0.05) is 10.6 Å². The zero-order valence-corrected chi connectivity index (χ0v) is 16.0. The topological polar surface area (TPSA) is 0 Å². The molecular weight excluding hydrogens is 324 g/mol. The van der Waals surface area contributed by atoms with Crippen LogP contribution in [0.3, 0.4) is 0 Å². The van der Waals surface area contributed by atoms with Crippen molar-refractivity contribution in [3.63, 3.8) is 0 Å². The molecule has 0 aromatic heterocycles. The van der Waals surface area contributed by atoms with Crippen molar-refractivity contribution in [2.75, 3.05) is 0 Å². The van der Waals surface area contributed by atoms with E-state index in [1.165, 1.54) is 44.2 Å². The number of hydrogen-bond donors (Lipinski definition) is 0. The molecule has 0 saturated carbocycles. The molecule has 0 saturated heterocycles. The molecule has 0 heterocycles. The summed E-state index contributed by atoms with van der Waals surface area (Å²) in [6, 6.07) is 22.3. The summed E-state index contributed by atoms with van der Waals surface area (Å²) in [7, 11) is 0. The van der Waals surface area contributed by atoms with Crippen molar-refractivity contribution in [1.82, 2.24) is 0 Å². The number of hydrogen-bond acceptors (Lipinski definition) is 0. The third kappa shape index (κ3) is 2.38. The molecule has 0 bridgehead atoms. The molecule has 3 aromatic rings. The van der Waals surface area contributed by atoms with Crippen molar-refractivity contribution in [1.29, 1.82) is 0 Å². The maximum Gasteiger partial charge on any atom is 0.0243 e. The summed E-state index contributed by atoms with van der Waals surface area (Å²) >= 11 is 0. The zero-order chi connectivity index (χ0) is 18.6. The van der Waals surface area contributed by atoms with Gasteiger partial charge in [-0.05, 0) is 63.7 Å². The number of allylic oxidation sites excluding steroid dienone is 3. The van der Waals surface area contributed by atoms with E-state index in [0.717, 1.165) is 5.22 Å². The van der Waals surface area contributed by atoms with E-state index < -0.39 is 0 Å². The van der Waals surface area contributed by atoms with Crippen LogP contribution in [0.1, 0.15) is 36.1 Å². The van der Waals surface area contributed by atoms with Crippen LogP contribution in [0, 0.1) is 6.92 Å². The fraction of sp³-hybridized carbons (Fsp3) is 0.148. The van der Waals surface area contributed by atoms with Gasteiger partial charge in [0.05, 0.1) is 0 Å². The third-order valence-corrected chi connectivity index (χ3v) is 5.96. The lowest BCUT2D eigenvalue weighted by Gasteiger charge is -2.22. The molecular formula is C27H22. The molecule has 0 fully saturated rings. The van der Waals surface area contributed by atoms with Crippen molar-refractivity contribution in [2.45, 2.75) is 26.2 Å². The van der Waals surface area contributed by atoms with E-state index in [4.69, 9.17) is 0 Å². The largest absolute Gasteiger partial charge is 0.112 e. The van der Waals surface area contributed by atoms with Crippen LogP contribution in [0.15, 0.2) is 78.9 Å². The highest BCUT2D eigenvalue weighted by Gasteiger charge is 2.35. The molecule has 0 N–H and O–H groups in total. The van der Waals surface area contributed by atoms with Gasteiger partial charge in [0.2, 0.25) is 0 Å². The molecule has 27 heavy (non-hydrogen) atoms. The maximum atomic E-state index is 3.38. The normalized spacial score (nSPS) is 15.6. The van der Waals surface area contributed by atoms with Crippen molar-refractivity contribution < 1.29 is 0 Å². The van der Waals surface area contributed by atoms with Gasteiger partial charge in [0.1, 0.15) is 0 Å². The van der Waals surface area contributed by atoms with Gasteiger partial charge in [-0.2, -0.15) is 0 Å². The summed E-state index contributed by atoms with van der Waals surface area (Å²) in [4.78, 5) is 0. The lowest BCUT2D eigenvalue weighted by atomic mass is 9.81. The van der Waals surface area contributed by atoms with E-state index in [0.29, 0.717) is 0 Å². The Bertz CT molecular complexity index is 1280. The predicted molar refractivity (Wildman–Crippen MR) is 114 cm³/mol. The highest BCUT2D eigenvalue weighted by Crippen LogP contribution is 2.49. The Kier molecular flexibility index (Phi) is 3.41. The highest BCUT2D eigenvalue weighted by molar-refractivity contribution is 5.84. The zero-order valence-electron chi connectivity index (χ0n) is 16.0. The standard InChI is InChI=1S/C27H22/c1-18-12-14-23-24-15-13-20(17-26(24)27(2,3)25(23)16-18)22-11-7-5-9-19-8-4-6-10-21(19)22/h4-8,10-17H,1-3H3. The molecule has 0 unspecified atom stereocenters. The average molecular weight is 346 g/mol. The van der Waals surface area contributed by atoms with Crippen molar-refractivity contribution in [3.05, 3.63) is 112 Å². The molecule has 0 aliphatic heterocycles. The van der Waals surface area contributed by atoms with E-state index in [2.05, 4.69) is 99.3 Å². The summed E-state index contributed by atoms with van der Waals surface area (Å²) in [6.07, 6.45) is 6.30. The van der Waals surface area contributed by atoms with E-state index >= 15 is 0 Å². The smallest absolute Gasteiger partial charge is 0.0243 e. The van der Waals surface area contributed by atoms with Crippen LogP contribution in [0.5, 0.6) is 0 Å². The Hall–Kier alpha value is -3.08. The molecule has 0 atom stereocenters. The van der Waals surface area contributed by atoms with Gasteiger partial charge < -0.3 is 0 Å². The number of benzene rings is 3. The second-order valence-electron chi connectivity index (χ2n) is 8.06. The SMILES string of the molecule is Cc1ccc2c(c1)C(C)(C)c1cc(C3=c4ccccc4=C=CC=C3)ccc1-2. The monoisotopic (exact) mass is 346 g/mol. The fourth-order valence-corrected chi connectivity index (χ4v) is 4.49. The molecule has 3 aromatic carbocycles. The maximum absolute atomic E-state index is 3.38. The quantitative estimate of drug-likeness (QED) is 0.581. The molecule has 0 amide bonds. The van der Waals surface area contributed by atoms with Gasteiger partial charge in [-0.1, -0.05) is 80.1 Å². The Morgan fingerprint density at radius 3 is 2.41 bits per heavy atom.